The monoisotopic (exact) mass is 348 g/mol. The van der Waals surface area contributed by atoms with Crippen molar-refractivity contribution in [2.45, 2.75) is 12.5 Å². The first-order valence-electron chi connectivity index (χ1n) is 6.50. The Bertz CT molecular complexity index is 710. The Kier molecular flexibility index (Phi) is 3.55. The van der Waals surface area contributed by atoms with Crippen LogP contribution in [0.3, 0.4) is 0 Å². The molecule has 0 aliphatic carbocycles. The van der Waals surface area contributed by atoms with E-state index < -0.39 is 11.9 Å². The first-order valence-corrected chi connectivity index (χ1v) is 7.29. The summed E-state index contributed by atoms with van der Waals surface area (Å²) in [6.45, 7) is 0.608. The summed E-state index contributed by atoms with van der Waals surface area (Å²) in [4.78, 5) is 28.4. The lowest BCUT2D eigenvalue weighted by Gasteiger charge is -2.32. The summed E-state index contributed by atoms with van der Waals surface area (Å²) in [5.41, 5.74) is 2.13. The van der Waals surface area contributed by atoms with Gasteiger partial charge in [-0.3, -0.25) is 9.59 Å². The van der Waals surface area contributed by atoms with Crippen LogP contribution in [0.5, 0.6) is 0 Å². The molecule has 108 valence electrons. The highest BCUT2D eigenvalue weighted by molar-refractivity contribution is 9.10. The summed E-state index contributed by atoms with van der Waals surface area (Å²) in [5, 5.41) is 9.41. The molecule has 6 heteroatoms. The second kappa shape index (κ2) is 5.37. The van der Waals surface area contributed by atoms with Gasteiger partial charge in [-0.2, -0.15) is 0 Å². The summed E-state index contributed by atoms with van der Waals surface area (Å²) in [6.07, 6.45) is 1.68. The molecule has 1 aromatic heterocycles. The third kappa shape index (κ3) is 2.58. The Labute approximate surface area is 129 Å². The van der Waals surface area contributed by atoms with Gasteiger partial charge in [-0.25, -0.2) is 0 Å². The van der Waals surface area contributed by atoms with Crippen LogP contribution >= 0.6 is 15.9 Å². The van der Waals surface area contributed by atoms with E-state index in [4.69, 9.17) is 0 Å². The third-order valence-electron chi connectivity index (χ3n) is 3.66. The van der Waals surface area contributed by atoms with Gasteiger partial charge >= 0.3 is 5.97 Å². The van der Waals surface area contributed by atoms with Crippen molar-refractivity contribution in [3.8, 4) is 0 Å². The van der Waals surface area contributed by atoms with Gasteiger partial charge in [-0.05, 0) is 33.1 Å². The lowest BCUT2D eigenvalue weighted by atomic mass is 9.89. The maximum Gasteiger partial charge on any atom is 0.312 e. The molecule has 2 N–H and O–H groups in total. The summed E-state index contributed by atoms with van der Waals surface area (Å²) in [6, 6.07) is 9.07. The topological polar surface area (TPSA) is 73.4 Å². The summed E-state index contributed by atoms with van der Waals surface area (Å²) in [7, 11) is 0. The number of amides is 1. The summed E-state index contributed by atoms with van der Waals surface area (Å²) < 4.78 is 0.790. The number of carboxylic acids is 1. The number of nitrogens with one attached hydrogen (secondary N) is 1. The van der Waals surface area contributed by atoms with E-state index in [2.05, 4.69) is 20.9 Å². The lowest BCUT2D eigenvalue weighted by Crippen LogP contribution is -2.40. The SMILES string of the molecule is O=C(O)C1CN(C(=O)c2cc(Br)c[nH]2)Cc2ccccc21. The van der Waals surface area contributed by atoms with Gasteiger partial charge < -0.3 is 15.0 Å². The fourth-order valence-electron chi connectivity index (χ4n) is 2.63. The number of aromatic amines is 1. The first-order chi connectivity index (χ1) is 10.1. The van der Waals surface area contributed by atoms with Gasteiger partial charge in [0.25, 0.3) is 5.91 Å². The molecule has 1 unspecified atom stereocenters. The van der Waals surface area contributed by atoms with Crippen LogP contribution in [-0.4, -0.2) is 33.4 Å². The van der Waals surface area contributed by atoms with Crippen LogP contribution in [-0.2, 0) is 11.3 Å². The third-order valence-corrected chi connectivity index (χ3v) is 4.12. The lowest BCUT2D eigenvalue weighted by molar-refractivity contribution is -0.139. The average molecular weight is 349 g/mol. The number of carbonyl (C=O) groups excluding carboxylic acids is 1. The quantitative estimate of drug-likeness (QED) is 0.875. The van der Waals surface area contributed by atoms with Gasteiger partial charge in [0, 0.05) is 23.8 Å². The van der Waals surface area contributed by atoms with Crippen LogP contribution in [0.15, 0.2) is 41.0 Å². The number of rotatable bonds is 2. The number of nitrogens with zero attached hydrogens (tertiary/aromatic N) is 1. The van der Waals surface area contributed by atoms with Crippen LogP contribution < -0.4 is 0 Å². The van der Waals surface area contributed by atoms with Crippen molar-refractivity contribution in [3.05, 3.63) is 57.8 Å². The molecule has 0 saturated carbocycles. The minimum atomic E-state index is -0.910. The number of fused-ring (bicyclic) bond motifs is 1. The Balaban J connectivity index is 1.93. The Morgan fingerprint density at radius 2 is 2.10 bits per heavy atom. The number of hydrogen-bond donors (Lipinski definition) is 2. The predicted octanol–water partition coefficient (Wildman–Crippen LogP) is 2.60. The van der Waals surface area contributed by atoms with Crippen molar-refractivity contribution in [1.82, 2.24) is 9.88 Å². The molecule has 0 saturated heterocycles. The van der Waals surface area contributed by atoms with E-state index in [0.717, 1.165) is 15.6 Å². The van der Waals surface area contributed by atoms with E-state index in [1.54, 1.807) is 17.2 Å². The van der Waals surface area contributed by atoms with E-state index in [0.29, 0.717) is 12.2 Å². The van der Waals surface area contributed by atoms with E-state index in [-0.39, 0.29) is 12.5 Å². The zero-order valence-corrected chi connectivity index (χ0v) is 12.6. The number of carboxylic acid groups (broad SMARTS) is 1. The Hall–Kier alpha value is -2.08. The highest BCUT2D eigenvalue weighted by atomic mass is 79.9. The van der Waals surface area contributed by atoms with Crippen LogP contribution in [0.1, 0.15) is 27.5 Å². The van der Waals surface area contributed by atoms with Crippen LogP contribution in [0.25, 0.3) is 0 Å². The van der Waals surface area contributed by atoms with E-state index >= 15 is 0 Å². The molecule has 0 spiro atoms. The smallest absolute Gasteiger partial charge is 0.312 e. The van der Waals surface area contributed by atoms with Gasteiger partial charge in [0.05, 0.1) is 5.92 Å². The molecule has 0 fully saturated rings. The molecule has 1 aliphatic rings. The first kappa shape index (κ1) is 13.9. The second-order valence-electron chi connectivity index (χ2n) is 5.01. The van der Waals surface area contributed by atoms with Crippen LogP contribution in [0.4, 0.5) is 0 Å². The van der Waals surface area contributed by atoms with Gasteiger partial charge in [-0.1, -0.05) is 24.3 Å². The molecule has 1 aromatic carbocycles. The average Bonchev–Trinajstić information content (AvgIpc) is 2.91. The van der Waals surface area contributed by atoms with Crippen molar-refractivity contribution in [3.63, 3.8) is 0 Å². The molecule has 0 radical (unpaired) electrons. The van der Waals surface area contributed by atoms with Gasteiger partial charge in [0.2, 0.25) is 0 Å². The van der Waals surface area contributed by atoms with Crippen LogP contribution in [0.2, 0.25) is 0 Å². The highest BCUT2D eigenvalue weighted by Crippen LogP contribution is 2.29. The normalized spacial score (nSPS) is 17.4. The molecule has 2 heterocycles. The molecule has 0 bridgehead atoms. The molecule has 3 rings (SSSR count). The number of benzene rings is 1. The van der Waals surface area contributed by atoms with E-state index in [9.17, 15) is 14.7 Å². The number of aliphatic carboxylic acids is 1. The fourth-order valence-corrected chi connectivity index (χ4v) is 2.98. The van der Waals surface area contributed by atoms with Crippen molar-refractivity contribution < 1.29 is 14.7 Å². The minimum absolute atomic E-state index is 0.182. The maximum absolute atomic E-state index is 12.5. The molecule has 1 aliphatic heterocycles. The molecular weight excluding hydrogens is 336 g/mol. The number of aromatic nitrogens is 1. The van der Waals surface area contributed by atoms with Gasteiger partial charge in [0.15, 0.2) is 0 Å². The molecule has 5 nitrogen and oxygen atoms in total. The number of H-pyrrole nitrogens is 1. The van der Waals surface area contributed by atoms with E-state index in [1.165, 1.54) is 0 Å². The second-order valence-corrected chi connectivity index (χ2v) is 5.92. The van der Waals surface area contributed by atoms with Crippen molar-refractivity contribution in [2.75, 3.05) is 6.54 Å². The number of carbonyl (C=O) groups is 2. The molecule has 1 amide bonds. The van der Waals surface area contributed by atoms with Gasteiger partial charge in [-0.15, -0.1) is 0 Å². The molecular formula is C15H13BrN2O3. The molecule has 2 aromatic rings. The summed E-state index contributed by atoms with van der Waals surface area (Å²) >= 11 is 3.29. The largest absolute Gasteiger partial charge is 0.481 e. The maximum atomic E-state index is 12.5. The minimum Gasteiger partial charge on any atom is -0.481 e. The van der Waals surface area contributed by atoms with Crippen molar-refractivity contribution in [2.24, 2.45) is 0 Å². The number of hydrogen-bond acceptors (Lipinski definition) is 2. The van der Waals surface area contributed by atoms with Crippen LogP contribution in [0, 0.1) is 0 Å². The zero-order chi connectivity index (χ0) is 15.0. The van der Waals surface area contributed by atoms with Gasteiger partial charge in [0.1, 0.15) is 5.69 Å². The molecule has 21 heavy (non-hydrogen) atoms. The Morgan fingerprint density at radius 1 is 1.33 bits per heavy atom. The predicted molar refractivity (Wildman–Crippen MR) is 80.1 cm³/mol. The summed E-state index contributed by atoms with van der Waals surface area (Å²) in [5.74, 6) is -1.79. The van der Waals surface area contributed by atoms with Crippen molar-refractivity contribution >= 4 is 27.8 Å². The fraction of sp³-hybridized carbons (Fsp3) is 0.200. The van der Waals surface area contributed by atoms with Crippen molar-refractivity contribution in [1.29, 1.82) is 0 Å². The zero-order valence-electron chi connectivity index (χ0n) is 11.0. The number of halogens is 1. The van der Waals surface area contributed by atoms with E-state index in [1.807, 2.05) is 24.3 Å². The Morgan fingerprint density at radius 3 is 2.76 bits per heavy atom. The highest BCUT2D eigenvalue weighted by Gasteiger charge is 2.32. The molecule has 1 atom stereocenters. The standard InChI is InChI=1S/C15H13BrN2O3/c16-10-5-13(17-6-10)14(19)18-7-9-3-1-2-4-11(9)12(8-18)15(20)21/h1-6,12,17H,7-8H2,(H,20,21).